The van der Waals surface area contributed by atoms with E-state index in [1.165, 1.54) is 16.3 Å². The van der Waals surface area contributed by atoms with Crippen molar-refractivity contribution in [3.63, 3.8) is 0 Å². The summed E-state index contributed by atoms with van der Waals surface area (Å²) in [5.74, 6) is 0. The van der Waals surface area contributed by atoms with Crippen molar-refractivity contribution in [1.29, 1.82) is 5.26 Å². The van der Waals surface area contributed by atoms with E-state index in [0.29, 0.717) is 0 Å². The van der Waals surface area contributed by atoms with E-state index in [0.717, 1.165) is 17.7 Å². The Morgan fingerprint density at radius 2 is 2.00 bits per heavy atom. The standard InChI is InChI=1S/C17H16N2/c1-17(2)11-15-13-6-4-3-5-12(13)7-8-14(15)16(19-17)9-10-18/h3-9,19H,11H2,1-2H3/b16-9+. The third-order valence-electron chi connectivity index (χ3n) is 3.63. The molecule has 0 unspecified atom stereocenters. The molecule has 1 aliphatic heterocycles. The number of hydrogen-bond donors (Lipinski definition) is 1. The van der Waals surface area contributed by atoms with E-state index < -0.39 is 0 Å². The zero-order valence-corrected chi connectivity index (χ0v) is 11.2. The number of fused-ring (bicyclic) bond motifs is 3. The van der Waals surface area contributed by atoms with Gasteiger partial charge in [0.1, 0.15) is 0 Å². The summed E-state index contributed by atoms with van der Waals surface area (Å²) in [4.78, 5) is 0. The van der Waals surface area contributed by atoms with Crippen LogP contribution in [0, 0.1) is 11.3 Å². The summed E-state index contributed by atoms with van der Waals surface area (Å²) in [5, 5.41) is 15.0. The molecule has 0 aromatic heterocycles. The lowest BCUT2D eigenvalue weighted by Crippen LogP contribution is -2.43. The first kappa shape index (κ1) is 11.8. The average molecular weight is 248 g/mol. The third-order valence-corrected chi connectivity index (χ3v) is 3.63. The van der Waals surface area contributed by atoms with Gasteiger partial charge in [-0.3, -0.25) is 0 Å². The highest BCUT2D eigenvalue weighted by Crippen LogP contribution is 2.34. The molecular formula is C17H16N2. The molecule has 0 fully saturated rings. The first-order chi connectivity index (χ1) is 9.11. The molecule has 1 aliphatic rings. The summed E-state index contributed by atoms with van der Waals surface area (Å²) in [6.07, 6.45) is 2.57. The van der Waals surface area contributed by atoms with Crippen LogP contribution < -0.4 is 5.32 Å². The van der Waals surface area contributed by atoms with Gasteiger partial charge in [0.15, 0.2) is 0 Å². The zero-order valence-electron chi connectivity index (χ0n) is 11.2. The van der Waals surface area contributed by atoms with E-state index in [1.807, 2.05) is 0 Å². The van der Waals surface area contributed by atoms with Gasteiger partial charge in [-0.15, -0.1) is 0 Å². The summed E-state index contributed by atoms with van der Waals surface area (Å²) in [5.41, 5.74) is 3.39. The lowest BCUT2D eigenvalue weighted by molar-refractivity contribution is 0.439. The van der Waals surface area contributed by atoms with Crippen molar-refractivity contribution in [2.45, 2.75) is 25.8 Å². The molecule has 2 aromatic rings. The van der Waals surface area contributed by atoms with Crippen LogP contribution in [0.15, 0.2) is 42.5 Å². The van der Waals surface area contributed by atoms with Crippen molar-refractivity contribution >= 4 is 16.5 Å². The monoisotopic (exact) mass is 248 g/mol. The summed E-state index contributed by atoms with van der Waals surface area (Å²) >= 11 is 0. The highest BCUT2D eigenvalue weighted by Gasteiger charge is 2.28. The van der Waals surface area contributed by atoms with Gasteiger partial charge in [0.05, 0.1) is 11.8 Å². The van der Waals surface area contributed by atoms with Gasteiger partial charge in [0, 0.05) is 17.2 Å². The molecule has 0 spiro atoms. The molecule has 0 bridgehead atoms. The van der Waals surface area contributed by atoms with Crippen molar-refractivity contribution in [3.05, 3.63) is 53.6 Å². The fourth-order valence-corrected chi connectivity index (χ4v) is 2.88. The number of nitrogens with zero attached hydrogens (tertiary/aromatic N) is 1. The van der Waals surface area contributed by atoms with E-state index in [1.54, 1.807) is 6.08 Å². The number of nitriles is 1. The molecule has 0 saturated carbocycles. The summed E-state index contributed by atoms with van der Waals surface area (Å²) in [6.45, 7) is 4.34. The molecule has 2 nitrogen and oxygen atoms in total. The molecule has 1 heterocycles. The summed E-state index contributed by atoms with van der Waals surface area (Å²) in [7, 11) is 0. The molecule has 0 aliphatic carbocycles. The van der Waals surface area contributed by atoms with Gasteiger partial charge in [-0.1, -0.05) is 36.4 Å². The van der Waals surface area contributed by atoms with Gasteiger partial charge in [-0.25, -0.2) is 0 Å². The average Bonchev–Trinajstić information content (AvgIpc) is 2.38. The second-order valence-corrected chi connectivity index (χ2v) is 5.69. The van der Waals surface area contributed by atoms with Crippen LogP contribution >= 0.6 is 0 Å². The van der Waals surface area contributed by atoms with Crippen LogP contribution in [0.25, 0.3) is 16.5 Å². The normalized spacial score (nSPS) is 18.7. The smallest absolute Gasteiger partial charge is 0.0933 e. The lowest BCUT2D eigenvalue weighted by atomic mass is 9.83. The third kappa shape index (κ3) is 1.98. The molecule has 2 aromatic carbocycles. The molecule has 19 heavy (non-hydrogen) atoms. The quantitative estimate of drug-likeness (QED) is 0.723. The Balaban J connectivity index is 2.32. The Morgan fingerprint density at radius 1 is 1.21 bits per heavy atom. The van der Waals surface area contributed by atoms with Gasteiger partial charge >= 0.3 is 0 Å². The van der Waals surface area contributed by atoms with E-state index in [2.05, 4.69) is 61.6 Å². The van der Waals surface area contributed by atoms with Gasteiger partial charge in [0.25, 0.3) is 0 Å². The van der Waals surface area contributed by atoms with Crippen LogP contribution in [0.5, 0.6) is 0 Å². The molecule has 0 amide bonds. The topological polar surface area (TPSA) is 35.8 Å². The first-order valence-electron chi connectivity index (χ1n) is 6.50. The number of allylic oxidation sites excluding steroid dienone is 1. The summed E-state index contributed by atoms with van der Waals surface area (Å²) < 4.78 is 0. The molecule has 2 heteroatoms. The largest absolute Gasteiger partial charge is 0.379 e. The Labute approximate surface area is 113 Å². The first-order valence-corrected chi connectivity index (χ1v) is 6.50. The Bertz CT molecular complexity index is 718. The van der Waals surface area contributed by atoms with Gasteiger partial charge < -0.3 is 5.32 Å². The Kier molecular flexibility index (Phi) is 2.57. The molecule has 0 radical (unpaired) electrons. The van der Waals surface area contributed by atoms with Crippen LogP contribution in [0.2, 0.25) is 0 Å². The van der Waals surface area contributed by atoms with Crippen molar-refractivity contribution in [2.24, 2.45) is 0 Å². The zero-order chi connectivity index (χ0) is 13.5. The summed E-state index contributed by atoms with van der Waals surface area (Å²) in [6, 6.07) is 14.8. The van der Waals surface area contributed by atoms with E-state index >= 15 is 0 Å². The van der Waals surface area contributed by atoms with Gasteiger partial charge in [-0.05, 0) is 36.6 Å². The van der Waals surface area contributed by atoms with E-state index in [-0.39, 0.29) is 5.54 Å². The van der Waals surface area contributed by atoms with Crippen LogP contribution in [0.3, 0.4) is 0 Å². The van der Waals surface area contributed by atoms with Crippen LogP contribution in [-0.2, 0) is 6.42 Å². The number of nitrogens with one attached hydrogen (secondary N) is 1. The maximum absolute atomic E-state index is 8.96. The minimum atomic E-state index is -0.0280. The van der Waals surface area contributed by atoms with Gasteiger partial charge in [0.2, 0.25) is 0 Å². The second-order valence-electron chi connectivity index (χ2n) is 5.69. The van der Waals surface area contributed by atoms with Crippen molar-refractivity contribution < 1.29 is 0 Å². The van der Waals surface area contributed by atoms with Crippen LogP contribution in [0.1, 0.15) is 25.0 Å². The fourth-order valence-electron chi connectivity index (χ4n) is 2.88. The number of rotatable bonds is 0. The van der Waals surface area contributed by atoms with Crippen molar-refractivity contribution in [2.75, 3.05) is 0 Å². The van der Waals surface area contributed by atoms with Crippen molar-refractivity contribution in [1.82, 2.24) is 5.32 Å². The maximum atomic E-state index is 8.96. The van der Waals surface area contributed by atoms with E-state index in [4.69, 9.17) is 5.26 Å². The minimum Gasteiger partial charge on any atom is -0.379 e. The molecule has 1 N–H and O–H groups in total. The number of hydrogen-bond acceptors (Lipinski definition) is 2. The molecular weight excluding hydrogens is 232 g/mol. The second kappa shape index (κ2) is 4.13. The Morgan fingerprint density at radius 3 is 2.79 bits per heavy atom. The molecule has 0 saturated heterocycles. The number of benzene rings is 2. The lowest BCUT2D eigenvalue weighted by Gasteiger charge is -2.36. The predicted octanol–water partition coefficient (Wildman–Crippen LogP) is 3.63. The fraction of sp³-hybridized carbons (Fsp3) is 0.235. The Hall–Kier alpha value is -2.27. The highest BCUT2D eigenvalue weighted by molar-refractivity contribution is 5.91. The minimum absolute atomic E-state index is 0.0280. The van der Waals surface area contributed by atoms with E-state index in [9.17, 15) is 0 Å². The predicted molar refractivity (Wildman–Crippen MR) is 78.5 cm³/mol. The SMILES string of the molecule is CC1(C)Cc2c(ccc3ccccc23)/C(=C\C#N)N1. The highest BCUT2D eigenvalue weighted by atomic mass is 15.0. The van der Waals surface area contributed by atoms with Crippen LogP contribution in [-0.4, -0.2) is 5.54 Å². The maximum Gasteiger partial charge on any atom is 0.0933 e. The van der Waals surface area contributed by atoms with Crippen LogP contribution in [0.4, 0.5) is 0 Å². The molecule has 3 rings (SSSR count). The van der Waals surface area contributed by atoms with Crippen molar-refractivity contribution in [3.8, 4) is 6.07 Å². The molecule has 94 valence electrons. The molecule has 0 atom stereocenters. The van der Waals surface area contributed by atoms with Gasteiger partial charge in [-0.2, -0.15) is 5.26 Å².